The molecular weight excluding hydrogens is 668 g/mol. The lowest BCUT2D eigenvalue weighted by Gasteiger charge is -2.19. The normalized spacial score (nSPS) is 17.3. The second-order valence-corrected chi connectivity index (χ2v) is 13.3. The summed E-state index contributed by atoms with van der Waals surface area (Å²) in [6.07, 6.45) is 0.575. The van der Waals surface area contributed by atoms with Gasteiger partial charge in [-0.2, -0.15) is 13.0 Å². The number of ether oxygens (including phenoxy) is 3. The van der Waals surface area contributed by atoms with Crippen molar-refractivity contribution in [3.63, 3.8) is 0 Å². The zero-order valence-electron chi connectivity index (χ0n) is 27.2. The van der Waals surface area contributed by atoms with Crippen molar-refractivity contribution in [1.29, 1.82) is 0 Å². The number of aryl methyl sites for hydroxylation is 1. The Kier molecular flexibility index (Phi) is 11.9. The summed E-state index contributed by atoms with van der Waals surface area (Å²) in [5, 5.41) is 0. The van der Waals surface area contributed by atoms with Crippen LogP contribution in [0.3, 0.4) is 0 Å². The monoisotopic (exact) mass is 704 g/mol. The summed E-state index contributed by atoms with van der Waals surface area (Å²) >= 11 is 0. The van der Waals surface area contributed by atoms with Crippen LogP contribution in [0.5, 0.6) is 0 Å². The lowest BCUT2D eigenvalue weighted by Crippen LogP contribution is -2.46. The van der Waals surface area contributed by atoms with E-state index in [9.17, 15) is 32.4 Å². The van der Waals surface area contributed by atoms with E-state index in [0.29, 0.717) is 29.4 Å². The molecule has 1 aromatic heterocycles. The molecule has 0 amide bonds. The molecule has 0 saturated carbocycles. The Morgan fingerprint density at radius 1 is 0.800 bits per heavy atom. The lowest BCUT2D eigenvalue weighted by atomic mass is 10.1. The minimum atomic E-state index is -3.59. The quantitative estimate of drug-likeness (QED) is 0.107. The number of hydrogen-bond acceptors (Lipinski definition) is 11. The van der Waals surface area contributed by atoms with Gasteiger partial charge in [0.2, 0.25) is 0 Å². The number of carbonyl (C=O) groups is 3. The molecule has 2 heterocycles. The Labute approximate surface area is 288 Å². The summed E-state index contributed by atoms with van der Waals surface area (Å²) in [7, 11) is -3.59. The van der Waals surface area contributed by atoms with Crippen LogP contribution in [0.1, 0.15) is 68.5 Å². The van der Waals surface area contributed by atoms with Gasteiger partial charge >= 0.3 is 17.6 Å². The molecule has 262 valence electrons. The number of hydrogen-bond donors (Lipinski definition) is 0. The van der Waals surface area contributed by atoms with E-state index >= 15 is 0 Å². The van der Waals surface area contributed by atoms with E-state index in [1.807, 2.05) is 0 Å². The fourth-order valence-electron chi connectivity index (χ4n) is 5.44. The highest BCUT2D eigenvalue weighted by atomic mass is 32.2. The molecule has 13 nitrogen and oxygen atoms in total. The first kappa shape index (κ1) is 36.1. The molecule has 50 heavy (non-hydrogen) atoms. The molecule has 0 aliphatic carbocycles. The molecule has 1 saturated heterocycles. The summed E-state index contributed by atoms with van der Waals surface area (Å²) in [5.41, 5.74) is -0.936. The molecule has 1 aliphatic heterocycles. The van der Waals surface area contributed by atoms with E-state index in [2.05, 4.69) is 0 Å². The predicted molar refractivity (Wildman–Crippen MR) is 180 cm³/mol. The van der Waals surface area contributed by atoms with E-state index in [1.165, 1.54) is 18.3 Å². The van der Waals surface area contributed by atoms with E-state index in [0.717, 1.165) is 10.8 Å². The van der Waals surface area contributed by atoms with Crippen molar-refractivity contribution < 1.29 is 41.2 Å². The van der Waals surface area contributed by atoms with Crippen LogP contribution in [0.25, 0.3) is 0 Å². The third kappa shape index (κ3) is 9.28. The highest BCUT2D eigenvalue weighted by Crippen LogP contribution is 2.31. The number of unbranched alkanes of at least 4 members (excludes halogenated alkanes) is 2. The van der Waals surface area contributed by atoms with Crippen molar-refractivity contribution >= 4 is 28.0 Å². The van der Waals surface area contributed by atoms with Gasteiger partial charge in [0, 0.05) is 23.7 Å². The van der Waals surface area contributed by atoms with Crippen LogP contribution in [-0.2, 0) is 34.9 Å². The van der Waals surface area contributed by atoms with E-state index in [1.54, 1.807) is 78.9 Å². The molecule has 4 aromatic rings. The van der Waals surface area contributed by atoms with Gasteiger partial charge in [-0.3, -0.25) is 18.3 Å². The van der Waals surface area contributed by atoms with Crippen molar-refractivity contribution in [3.05, 3.63) is 140 Å². The van der Waals surface area contributed by atoms with Gasteiger partial charge in [-0.1, -0.05) is 61.0 Å². The van der Waals surface area contributed by atoms with Gasteiger partial charge in [0.1, 0.15) is 25.0 Å². The Balaban J connectivity index is 1.44. The fourth-order valence-corrected chi connectivity index (χ4v) is 5.86. The van der Waals surface area contributed by atoms with E-state index in [-0.39, 0.29) is 42.7 Å². The third-order valence-electron chi connectivity index (χ3n) is 7.94. The molecule has 0 spiro atoms. The third-order valence-corrected chi connectivity index (χ3v) is 8.54. The van der Waals surface area contributed by atoms with Crippen LogP contribution in [0.2, 0.25) is 0 Å². The minimum absolute atomic E-state index is 0.0235. The van der Waals surface area contributed by atoms with Gasteiger partial charge in [0.05, 0.1) is 24.0 Å². The molecule has 1 fully saturated rings. The molecule has 5 rings (SSSR count). The second-order valence-electron chi connectivity index (χ2n) is 11.6. The Morgan fingerprint density at radius 3 is 1.98 bits per heavy atom. The zero-order valence-corrected chi connectivity index (χ0v) is 28.0. The lowest BCUT2D eigenvalue weighted by molar-refractivity contribution is -0.0585. The van der Waals surface area contributed by atoms with Crippen molar-refractivity contribution in [3.8, 4) is 0 Å². The van der Waals surface area contributed by atoms with Crippen LogP contribution in [-0.4, -0.2) is 67.1 Å². The van der Waals surface area contributed by atoms with E-state index < -0.39 is 57.6 Å². The van der Waals surface area contributed by atoms with Crippen LogP contribution < -0.4 is 11.2 Å². The van der Waals surface area contributed by atoms with Crippen molar-refractivity contribution in [1.82, 2.24) is 9.13 Å². The van der Waals surface area contributed by atoms with Gasteiger partial charge in [0.15, 0.2) is 0 Å². The van der Waals surface area contributed by atoms with E-state index in [4.69, 9.17) is 18.4 Å². The molecule has 3 aromatic carbocycles. The molecule has 14 heteroatoms. The van der Waals surface area contributed by atoms with Crippen molar-refractivity contribution in [2.75, 3.05) is 19.5 Å². The highest BCUT2D eigenvalue weighted by molar-refractivity contribution is 7.85. The van der Waals surface area contributed by atoms with Crippen LogP contribution >= 0.6 is 0 Å². The standard InChI is InChI=1S/C36H36N2O11S/c1-50(44,45)47-21-13-5-12-20-28-23-37(36(43)38(33(28)40)32(39)25-14-6-2-7-15-25)31-22-29(49-35(42)27-18-10-4-11-19-27)30(48-31)24-46-34(41)26-16-8-3-9-17-26/h2-4,6-11,14-19,23,29-31H,5,12-13,20-22,24H2,1H3/t29-,30+,31+/m0/s1. The summed E-state index contributed by atoms with van der Waals surface area (Å²) < 4.78 is 46.5. The maximum Gasteiger partial charge on any atom is 0.340 e. The maximum absolute atomic E-state index is 13.9. The van der Waals surface area contributed by atoms with Gasteiger partial charge in [0.25, 0.3) is 21.6 Å². The zero-order chi connectivity index (χ0) is 35.7. The average Bonchev–Trinajstić information content (AvgIpc) is 3.51. The molecule has 0 unspecified atom stereocenters. The largest absolute Gasteiger partial charge is 0.459 e. The Hall–Kier alpha value is -5.18. The van der Waals surface area contributed by atoms with Crippen molar-refractivity contribution in [2.45, 2.75) is 50.5 Å². The van der Waals surface area contributed by atoms with Gasteiger partial charge < -0.3 is 14.2 Å². The summed E-state index contributed by atoms with van der Waals surface area (Å²) in [6.45, 7) is -0.346. The summed E-state index contributed by atoms with van der Waals surface area (Å²) in [5.74, 6) is -2.12. The highest BCUT2D eigenvalue weighted by Gasteiger charge is 2.41. The number of nitrogens with zero attached hydrogens (tertiary/aromatic N) is 2. The first-order valence-corrected chi connectivity index (χ1v) is 17.8. The number of benzene rings is 3. The molecule has 3 atom stereocenters. The summed E-state index contributed by atoms with van der Waals surface area (Å²) in [4.78, 5) is 66.9. The second kappa shape index (κ2) is 16.5. The molecule has 0 radical (unpaired) electrons. The van der Waals surface area contributed by atoms with Crippen LogP contribution in [0, 0.1) is 0 Å². The fraction of sp³-hybridized carbons (Fsp3) is 0.306. The van der Waals surface area contributed by atoms with Crippen LogP contribution in [0.15, 0.2) is 107 Å². The molecule has 0 bridgehead atoms. The van der Waals surface area contributed by atoms with Gasteiger partial charge in [-0.05, 0) is 55.7 Å². The number of rotatable bonds is 14. The molecule has 0 N–H and O–H groups in total. The first-order chi connectivity index (χ1) is 24.0. The van der Waals surface area contributed by atoms with Gasteiger partial charge in [-0.15, -0.1) is 0 Å². The average molecular weight is 705 g/mol. The van der Waals surface area contributed by atoms with Crippen molar-refractivity contribution in [2.24, 2.45) is 0 Å². The first-order valence-electron chi connectivity index (χ1n) is 16.0. The smallest absolute Gasteiger partial charge is 0.340 e. The number of esters is 2. The predicted octanol–water partition coefficient (Wildman–Crippen LogP) is 3.76. The minimum Gasteiger partial charge on any atom is -0.459 e. The Morgan fingerprint density at radius 2 is 1.38 bits per heavy atom. The van der Waals surface area contributed by atoms with Gasteiger partial charge in [-0.25, -0.2) is 14.4 Å². The topological polar surface area (TPSA) is 166 Å². The molecule has 1 aliphatic rings. The Bertz CT molecular complexity index is 2030. The summed E-state index contributed by atoms with van der Waals surface area (Å²) in [6, 6.07) is 24.4. The number of carbonyl (C=O) groups excluding carboxylic acids is 3. The number of aromatic nitrogens is 2. The molecular formula is C36H36N2O11S. The SMILES string of the molecule is CS(=O)(=O)OCCCCCc1cn([C@H]2C[C@H](OC(=O)c3ccccc3)[C@@H](COC(=O)c3ccccc3)O2)c(=O)n(C(=O)c2ccccc2)c1=O. The maximum atomic E-state index is 13.9. The van der Waals surface area contributed by atoms with Crippen LogP contribution in [0.4, 0.5) is 0 Å².